The van der Waals surface area contributed by atoms with Gasteiger partial charge in [-0.1, -0.05) is 6.92 Å². The first kappa shape index (κ1) is 11.2. The zero-order valence-corrected chi connectivity index (χ0v) is 9.09. The second-order valence-corrected chi connectivity index (χ2v) is 3.98. The maximum atomic E-state index is 10.5. The largest absolute Gasteiger partial charge is 0.395 e. The van der Waals surface area contributed by atoms with Crippen molar-refractivity contribution in [2.75, 3.05) is 24.6 Å². The minimum absolute atomic E-state index is 0.145. The maximum Gasteiger partial charge on any atom is 0.160 e. The summed E-state index contributed by atoms with van der Waals surface area (Å²) in [5.74, 6) is 0. The molecule has 78 valence electrons. The monoisotopic (exact) mass is 213 g/mol. The van der Waals surface area contributed by atoms with E-state index >= 15 is 0 Å². The molecule has 1 rings (SSSR count). The Bertz CT molecular complexity index is 279. The summed E-state index contributed by atoms with van der Waals surface area (Å²) < 4.78 is 0. The first-order chi connectivity index (χ1) is 6.81. The number of carbonyl (C=O) groups excluding carboxylic acids is 1. The predicted octanol–water partition coefficient (Wildman–Crippen LogP) is 1.77. The van der Waals surface area contributed by atoms with E-state index in [9.17, 15) is 4.79 Å². The van der Waals surface area contributed by atoms with Crippen LogP contribution in [0.4, 0.5) is 5.69 Å². The summed E-state index contributed by atoms with van der Waals surface area (Å²) in [5.41, 5.74) is 1.04. The fraction of sp³-hybridized carbons (Fsp3) is 0.500. The average Bonchev–Trinajstić information content (AvgIpc) is 2.65. The van der Waals surface area contributed by atoms with Crippen LogP contribution in [0.3, 0.4) is 0 Å². The number of hydrogen-bond donors (Lipinski definition) is 1. The standard InChI is InChI=1S/C10H15NO2S/c1-2-3-11(4-5-12)9-6-10(7-13)14-8-9/h6-8,12H,2-5H2,1H3. The zero-order valence-electron chi connectivity index (χ0n) is 8.27. The Morgan fingerprint density at radius 1 is 1.57 bits per heavy atom. The molecule has 14 heavy (non-hydrogen) atoms. The van der Waals surface area contributed by atoms with Crippen molar-refractivity contribution in [2.24, 2.45) is 0 Å². The number of aldehydes is 1. The number of anilines is 1. The van der Waals surface area contributed by atoms with Gasteiger partial charge in [-0.3, -0.25) is 4.79 Å². The molecular weight excluding hydrogens is 198 g/mol. The van der Waals surface area contributed by atoms with Crippen molar-refractivity contribution in [3.8, 4) is 0 Å². The quantitative estimate of drug-likeness (QED) is 0.732. The Balaban J connectivity index is 2.70. The fourth-order valence-corrected chi connectivity index (χ4v) is 2.05. The molecule has 0 atom stereocenters. The zero-order chi connectivity index (χ0) is 10.4. The molecule has 4 heteroatoms. The molecule has 0 saturated carbocycles. The van der Waals surface area contributed by atoms with Gasteiger partial charge in [0, 0.05) is 24.2 Å². The third-order valence-corrected chi connectivity index (χ3v) is 2.80. The van der Waals surface area contributed by atoms with Crippen molar-refractivity contribution in [1.82, 2.24) is 0 Å². The van der Waals surface area contributed by atoms with Crippen molar-refractivity contribution >= 4 is 23.3 Å². The molecule has 1 N–H and O–H groups in total. The van der Waals surface area contributed by atoms with E-state index in [2.05, 4.69) is 11.8 Å². The van der Waals surface area contributed by atoms with Crippen LogP contribution in [0.15, 0.2) is 11.4 Å². The van der Waals surface area contributed by atoms with Crippen LogP contribution in [-0.2, 0) is 0 Å². The molecule has 0 aliphatic heterocycles. The highest BCUT2D eigenvalue weighted by Crippen LogP contribution is 2.21. The molecule has 0 aromatic carbocycles. The number of nitrogens with zero attached hydrogens (tertiary/aromatic N) is 1. The van der Waals surface area contributed by atoms with Gasteiger partial charge in [0.2, 0.25) is 0 Å². The lowest BCUT2D eigenvalue weighted by Gasteiger charge is -2.21. The van der Waals surface area contributed by atoms with Crippen LogP contribution in [-0.4, -0.2) is 31.1 Å². The van der Waals surface area contributed by atoms with Crippen LogP contribution in [0, 0.1) is 0 Å². The van der Waals surface area contributed by atoms with E-state index in [0.29, 0.717) is 6.54 Å². The Morgan fingerprint density at radius 3 is 2.86 bits per heavy atom. The van der Waals surface area contributed by atoms with Crippen molar-refractivity contribution < 1.29 is 9.90 Å². The molecule has 1 aromatic heterocycles. The van der Waals surface area contributed by atoms with Crippen LogP contribution >= 0.6 is 11.3 Å². The molecule has 0 aliphatic carbocycles. The fourth-order valence-electron chi connectivity index (χ4n) is 1.33. The second kappa shape index (κ2) is 5.78. The lowest BCUT2D eigenvalue weighted by atomic mass is 10.3. The van der Waals surface area contributed by atoms with E-state index in [4.69, 9.17) is 5.11 Å². The van der Waals surface area contributed by atoms with Gasteiger partial charge in [-0.15, -0.1) is 11.3 Å². The minimum atomic E-state index is 0.145. The van der Waals surface area contributed by atoms with Crippen LogP contribution in [0.25, 0.3) is 0 Å². The molecule has 0 saturated heterocycles. The number of rotatable bonds is 6. The second-order valence-electron chi connectivity index (χ2n) is 3.04. The highest BCUT2D eigenvalue weighted by molar-refractivity contribution is 7.12. The number of carbonyl (C=O) groups is 1. The summed E-state index contributed by atoms with van der Waals surface area (Å²) in [6.45, 7) is 3.78. The Hall–Kier alpha value is -0.870. The summed E-state index contributed by atoms with van der Waals surface area (Å²) >= 11 is 1.44. The van der Waals surface area contributed by atoms with E-state index in [0.717, 1.165) is 29.8 Å². The highest BCUT2D eigenvalue weighted by atomic mass is 32.1. The third kappa shape index (κ3) is 2.82. The SMILES string of the molecule is CCCN(CCO)c1csc(C=O)c1. The van der Waals surface area contributed by atoms with Crippen LogP contribution in [0.5, 0.6) is 0 Å². The summed E-state index contributed by atoms with van der Waals surface area (Å²) in [4.78, 5) is 13.3. The molecule has 1 aromatic rings. The van der Waals surface area contributed by atoms with Crippen molar-refractivity contribution in [3.05, 3.63) is 16.3 Å². The topological polar surface area (TPSA) is 40.5 Å². The summed E-state index contributed by atoms with van der Waals surface area (Å²) in [6.07, 6.45) is 1.89. The molecular formula is C10H15NO2S. The van der Waals surface area contributed by atoms with Gasteiger partial charge in [0.05, 0.1) is 11.5 Å². The van der Waals surface area contributed by atoms with Gasteiger partial charge in [-0.2, -0.15) is 0 Å². The van der Waals surface area contributed by atoms with E-state index in [1.54, 1.807) is 0 Å². The first-order valence-corrected chi connectivity index (χ1v) is 5.59. The van der Waals surface area contributed by atoms with E-state index in [-0.39, 0.29) is 6.61 Å². The number of aliphatic hydroxyl groups is 1. The van der Waals surface area contributed by atoms with Crippen molar-refractivity contribution in [2.45, 2.75) is 13.3 Å². The number of aliphatic hydroxyl groups excluding tert-OH is 1. The molecule has 0 aliphatic rings. The van der Waals surface area contributed by atoms with Gasteiger partial charge in [-0.25, -0.2) is 0 Å². The van der Waals surface area contributed by atoms with Gasteiger partial charge < -0.3 is 10.0 Å². The molecule has 1 heterocycles. The third-order valence-electron chi connectivity index (χ3n) is 1.95. The van der Waals surface area contributed by atoms with Crippen molar-refractivity contribution in [1.29, 1.82) is 0 Å². The molecule has 0 amide bonds. The normalized spacial score (nSPS) is 10.1. The summed E-state index contributed by atoms with van der Waals surface area (Å²) in [6, 6.07) is 1.86. The molecule has 3 nitrogen and oxygen atoms in total. The highest BCUT2D eigenvalue weighted by Gasteiger charge is 2.06. The molecule has 0 radical (unpaired) electrons. The average molecular weight is 213 g/mol. The Labute approximate surface area is 88.0 Å². The van der Waals surface area contributed by atoms with Crippen LogP contribution in [0.1, 0.15) is 23.0 Å². The van der Waals surface area contributed by atoms with Crippen LogP contribution < -0.4 is 4.90 Å². The number of hydrogen-bond acceptors (Lipinski definition) is 4. The van der Waals surface area contributed by atoms with Gasteiger partial charge in [0.15, 0.2) is 6.29 Å². The minimum Gasteiger partial charge on any atom is -0.395 e. The molecule has 0 unspecified atom stereocenters. The molecule has 0 bridgehead atoms. The van der Waals surface area contributed by atoms with Gasteiger partial charge in [0.1, 0.15) is 0 Å². The summed E-state index contributed by atoms with van der Waals surface area (Å²) in [5, 5.41) is 10.8. The molecule has 0 fully saturated rings. The van der Waals surface area contributed by atoms with Gasteiger partial charge in [-0.05, 0) is 12.5 Å². The Kier molecular flexibility index (Phi) is 4.62. The van der Waals surface area contributed by atoms with Gasteiger partial charge in [0.25, 0.3) is 0 Å². The smallest absolute Gasteiger partial charge is 0.160 e. The lowest BCUT2D eigenvalue weighted by molar-refractivity contribution is 0.112. The Morgan fingerprint density at radius 2 is 2.36 bits per heavy atom. The lowest BCUT2D eigenvalue weighted by Crippen LogP contribution is -2.26. The summed E-state index contributed by atoms with van der Waals surface area (Å²) in [7, 11) is 0. The molecule has 0 spiro atoms. The number of thiophene rings is 1. The van der Waals surface area contributed by atoms with E-state index < -0.39 is 0 Å². The van der Waals surface area contributed by atoms with Crippen LogP contribution in [0.2, 0.25) is 0 Å². The first-order valence-electron chi connectivity index (χ1n) is 4.71. The predicted molar refractivity (Wildman–Crippen MR) is 59.3 cm³/mol. The van der Waals surface area contributed by atoms with Gasteiger partial charge >= 0.3 is 0 Å². The van der Waals surface area contributed by atoms with Crippen molar-refractivity contribution in [3.63, 3.8) is 0 Å². The van der Waals surface area contributed by atoms with E-state index in [1.165, 1.54) is 11.3 Å². The maximum absolute atomic E-state index is 10.5. The van der Waals surface area contributed by atoms with E-state index in [1.807, 2.05) is 11.4 Å².